The third-order valence-corrected chi connectivity index (χ3v) is 17.4. The summed E-state index contributed by atoms with van der Waals surface area (Å²) in [5.41, 5.74) is 0. The highest BCUT2D eigenvalue weighted by atomic mass is 31.2. The number of carbonyl (C=O) groups is 2. The summed E-state index contributed by atoms with van der Waals surface area (Å²) < 4.78 is 34.8. The van der Waals surface area contributed by atoms with E-state index in [-0.39, 0.29) is 32.0 Å². The summed E-state index contributed by atoms with van der Waals surface area (Å²) in [5, 5.41) is 0. The van der Waals surface area contributed by atoms with E-state index < -0.39 is 26.5 Å². The Balaban J connectivity index is 4.04. The quantitative estimate of drug-likeness (QED) is 0.0211. The number of allylic oxidation sites excluding steroid dienone is 30. The lowest BCUT2D eigenvalue weighted by Gasteiger charge is -2.24. The zero-order chi connectivity index (χ0) is 71.1. The molecule has 0 fully saturated rings. The van der Waals surface area contributed by atoms with Crippen LogP contribution < -0.4 is 0 Å². The minimum Gasteiger partial charge on any atom is -0.462 e. The zero-order valence-corrected chi connectivity index (χ0v) is 64.3. The number of ether oxygens (including phenoxy) is 2. The lowest BCUT2D eigenvalue weighted by Crippen LogP contribution is -2.37. The number of hydrogen-bond donors (Lipinski definition) is 1. The van der Waals surface area contributed by atoms with Gasteiger partial charge in [-0.3, -0.25) is 18.6 Å². The summed E-state index contributed by atoms with van der Waals surface area (Å²) in [4.78, 5) is 36.0. The van der Waals surface area contributed by atoms with E-state index in [2.05, 4.69) is 196 Å². The van der Waals surface area contributed by atoms with Crippen molar-refractivity contribution in [1.29, 1.82) is 0 Å². The van der Waals surface area contributed by atoms with Crippen LogP contribution in [0.25, 0.3) is 0 Å². The number of likely N-dealkylation sites (N-methyl/N-ethyl adjacent to an activating group) is 1. The van der Waals surface area contributed by atoms with Crippen molar-refractivity contribution in [1.82, 2.24) is 0 Å². The fourth-order valence-corrected chi connectivity index (χ4v) is 11.2. The van der Waals surface area contributed by atoms with E-state index in [1.54, 1.807) is 0 Å². The van der Waals surface area contributed by atoms with E-state index in [1.807, 2.05) is 21.1 Å². The Hall–Kier alpha value is -4.89. The standard InChI is InChI=1S/C88H146NO8P/c1-6-8-10-12-14-16-18-20-22-24-26-28-30-32-34-36-38-40-42-43-44-45-47-49-51-53-55-57-59-61-63-65-67-69-71-73-75-77-79-81-88(91)97-86(85-96-98(92,93)95-83-82-89(3,4)5)84-94-87(90)80-78-76-74-72-70-68-66-64-62-60-58-56-54-52-50-48-46-41-39-37-35-33-31-29-27-25-23-21-19-17-15-13-11-9-7-2/h8-11,14-17,20-23,26-29,32-35,38-41,43-44,47,49,53,55,86H,6-7,12-13,18-19,24-25,30-31,36-37,42,45-46,48,50-52,54,56-85H2,1-5H3/p+1/b10-8-,11-9-,16-14-,17-15-,22-20-,23-21-,28-26-,29-27-,34-32-,35-33-,40-38-,41-39-,44-43-,49-47-,55-53-. The Bertz CT molecular complexity index is 2320. The molecular formula is C88H147NO8P+. The molecule has 556 valence electrons. The third kappa shape index (κ3) is 80.1. The van der Waals surface area contributed by atoms with Crippen molar-refractivity contribution in [3.8, 4) is 0 Å². The van der Waals surface area contributed by atoms with Crippen LogP contribution in [0, 0.1) is 0 Å². The molecule has 98 heavy (non-hydrogen) atoms. The van der Waals surface area contributed by atoms with E-state index in [1.165, 1.54) is 135 Å². The Labute approximate surface area is 603 Å². The van der Waals surface area contributed by atoms with Crippen LogP contribution in [0.3, 0.4) is 0 Å². The minimum absolute atomic E-state index is 0.0241. The van der Waals surface area contributed by atoms with Gasteiger partial charge < -0.3 is 18.9 Å². The van der Waals surface area contributed by atoms with Crippen LogP contribution in [0.2, 0.25) is 0 Å². The molecular weight excluding hydrogens is 1230 g/mol. The molecule has 0 aromatic carbocycles. The number of unbranched alkanes of at least 4 members (excludes halogenated alkanes) is 27. The predicted octanol–water partition coefficient (Wildman–Crippen LogP) is 26.6. The topological polar surface area (TPSA) is 108 Å². The van der Waals surface area contributed by atoms with Crippen LogP contribution in [0.4, 0.5) is 0 Å². The number of rotatable bonds is 71. The first-order chi connectivity index (χ1) is 48.0. The highest BCUT2D eigenvalue weighted by molar-refractivity contribution is 7.47. The van der Waals surface area contributed by atoms with Gasteiger partial charge in [-0.15, -0.1) is 0 Å². The fraction of sp³-hybridized carbons (Fsp3) is 0.636. The smallest absolute Gasteiger partial charge is 0.462 e. The lowest BCUT2D eigenvalue weighted by molar-refractivity contribution is -0.870. The summed E-state index contributed by atoms with van der Waals surface area (Å²) in [7, 11) is 1.46. The van der Waals surface area contributed by atoms with Crippen LogP contribution in [-0.4, -0.2) is 74.9 Å². The maximum atomic E-state index is 12.9. The number of nitrogens with zero attached hydrogens (tertiary/aromatic N) is 1. The van der Waals surface area contributed by atoms with Gasteiger partial charge in [-0.25, -0.2) is 4.57 Å². The molecule has 2 unspecified atom stereocenters. The molecule has 0 rings (SSSR count). The van der Waals surface area contributed by atoms with Gasteiger partial charge in [0.25, 0.3) is 0 Å². The Morgan fingerprint density at radius 2 is 0.551 bits per heavy atom. The monoisotopic (exact) mass is 1380 g/mol. The summed E-state index contributed by atoms with van der Waals surface area (Å²) >= 11 is 0. The highest BCUT2D eigenvalue weighted by Gasteiger charge is 2.27. The van der Waals surface area contributed by atoms with Crippen molar-refractivity contribution >= 4 is 19.8 Å². The first-order valence-corrected chi connectivity index (χ1v) is 41.0. The van der Waals surface area contributed by atoms with Gasteiger partial charge in [0.15, 0.2) is 6.10 Å². The van der Waals surface area contributed by atoms with Crippen molar-refractivity contribution in [2.75, 3.05) is 47.5 Å². The molecule has 0 saturated carbocycles. The zero-order valence-electron chi connectivity index (χ0n) is 63.5. The molecule has 0 spiro atoms. The average molecular weight is 1380 g/mol. The second kappa shape index (κ2) is 76.3. The van der Waals surface area contributed by atoms with Crippen molar-refractivity contribution in [3.63, 3.8) is 0 Å². The number of quaternary nitrogens is 1. The molecule has 0 aliphatic heterocycles. The number of carbonyl (C=O) groups excluding carboxylic acids is 2. The molecule has 9 nitrogen and oxygen atoms in total. The molecule has 0 amide bonds. The maximum absolute atomic E-state index is 12.9. The van der Waals surface area contributed by atoms with E-state index in [0.717, 1.165) is 141 Å². The maximum Gasteiger partial charge on any atom is 0.472 e. The summed E-state index contributed by atoms with van der Waals surface area (Å²) in [6, 6.07) is 0. The van der Waals surface area contributed by atoms with Gasteiger partial charge in [0.05, 0.1) is 27.7 Å². The number of phosphoric ester groups is 1. The molecule has 0 bridgehead atoms. The highest BCUT2D eigenvalue weighted by Crippen LogP contribution is 2.43. The Morgan fingerprint density at radius 1 is 0.316 bits per heavy atom. The molecule has 0 aliphatic carbocycles. The first-order valence-electron chi connectivity index (χ1n) is 39.5. The van der Waals surface area contributed by atoms with Crippen molar-refractivity contribution in [2.45, 2.75) is 315 Å². The number of phosphoric acid groups is 1. The van der Waals surface area contributed by atoms with Crippen LogP contribution in [0.15, 0.2) is 182 Å². The summed E-state index contributed by atoms with van der Waals surface area (Å²) in [5.74, 6) is -0.802. The number of esters is 2. The van der Waals surface area contributed by atoms with E-state index in [9.17, 15) is 19.0 Å². The van der Waals surface area contributed by atoms with Crippen molar-refractivity contribution < 1.29 is 42.1 Å². The average Bonchev–Trinajstić information content (AvgIpc) is 1.23. The van der Waals surface area contributed by atoms with Gasteiger partial charge in [0, 0.05) is 12.8 Å². The predicted molar refractivity (Wildman–Crippen MR) is 426 cm³/mol. The third-order valence-electron chi connectivity index (χ3n) is 16.4. The minimum atomic E-state index is -4.41. The largest absolute Gasteiger partial charge is 0.472 e. The van der Waals surface area contributed by atoms with Crippen LogP contribution >= 0.6 is 7.82 Å². The van der Waals surface area contributed by atoms with Gasteiger partial charge in [0.2, 0.25) is 0 Å². The Morgan fingerprint density at radius 3 is 0.816 bits per heavy atom. The number of hydrogen-bond acceptors (Lipinski definition) is 7. The molecule has 0 saturated heterocycles. The SMILES string of the molecule is CC/C=C\C/C=C\C/C=C\C/C=C\C/C=C\C/C=C\C/C=C\C/C=C\C/C=C\CCCCCCCCCCCCCC(=O)OC(COC(=O)CCCCCCCCCCCCCCCCCC/C=C\C/C=C\C/C=C\C/C=C\C/C=C\C/C=C\CC)COP(=O)(O)OCC[N+](C)(C)C. The molecule has 0 radical (unpaired) electrons. The van der Waals surface area contributed by atoms with Gasteiger partial charge in [-0.2, -0.15) is 0 Å². The van der Waals surface area contributed by atoms with E-state index in [4.69, 9.17) is 18.5 Å². The summed E-state index contributed by atoms with van der Waals surface area (Å²) in [6.07, 6.45) is 117. The van der Waals surface area contributed by atoms with Crippen LogP contribution in [0.5, 0.6) is 0 Å². The molecule has 0 aliphatic rings. The second-order valence-corrected chi connectivity index (χ2v) is 28.4. The van der Waals surface area contributed by atoms with Crippen LogP contribution in [0.1, 0.15) is 309 Å². The van der Waals surface area contributed by atoms with E-state index >= 15 is 0 Å². The van der Waals surface area contributed by atoms with Gasteiger partial charge in [-0.05, 0) is 135 Å². The first kappa shape index (κ1) is 93.1. The molecule has 2 atom stereocenters. The van der Waals surface area contributed by atoms with Gasteiger partial charge in [-0.1, -0.05) is 344 Å². The normalized spacial score (nSPS) is 14.1. The van der Waals surface area contributed by atoms with Gasteiger partial charge in [0.1, 0.15) is 19.8 Å². The van der Waals surface area contributed by atoms with Gasteiger partial charge >= 0.3 is 19.8 Å². The molecule has 0 aromatic rings. The molecule has 0 heterocycles. The summed E-state index contributed by atoms with van der Waals surface area (Å²) in [6.45, 7) is 4.21. The van der Waals surface area contributed by atoms with Crippen molar-refractivity contribution in [2.24, 2.45) is 0 Å². The van der Waals surface area contributed by atoms with E-state index in [0.29, 0.717) is 17.4 Å². The molecule has 0 aromatic heterocycles. The lowest BCUT2D eigenvalue weighted by atomic mass is 10.0. The fourth-order valence-electron chi connectivity index (χ4n) is 10.5. The molecule has 1 N–H and O–H groups in total. The Kier molecular flexibility index (Phi) is 72.5. The second-order valence-electron chi connectivity index (χ2n) is 27.0. The van der Waals surface area contributed by atoms with Crippen LogP contribution in [-0.2, 0) is 32.7 Å². The molecule has 10 heteroatoms. The van der Waals surface area contributed by atoms with Crippen molar-refractivity contribution in [3.05, 3.63) is 182 Å².